The third kappa shape index (κ3) is 4.07. The predicted molar refractivity (Wildman–Crippen MR) is 53.9 cm³/mol. The first-order valence-electron chi connectivity index (χ1n) is 4.87. The molecule has 1 unspecified atom stereocenters. The molecular formula is C9H16N4O2. The Morgan fingerprint density at radius 3 is 2.93 bits per heavy atom. The Kier molecular flexibility index (Phi) is 3.79. The van der Waals surface area contributed by atoms with Crippen molar-refractivity contribution in [2.24, 2.45) is 0 Å². The monoisotopic (exact) mass is 212 g/mol. The van der Waals surface area contributed by atoms with Gasteiger partial charge >= 0.3 is 0 Å². The van der Waals surface area contributed by atoms with Crippen LogP contribution >= 0.6 is 0 Å². The van der Waals surface area contributed by atoms with E-state index in [1.807, 2.05) is 6.92 Å². The van der Waals surface area contributed by atoms with Crippen LogP contribution in [0.2, 0.25) is 0 Å². The molecule has 0 saturated heterocycles. The fourth-order valence-electron chi connectivity index (χ4n) is 0.934. The van der Waals surface area contributed by atoms with Gasteiger partial charge in [0.05, 0.1) is 11.8 Å². The Balaban J connectivity index is 2.31. The first-order chi connectivity index (χ1) is 7.03. The summed E-state index contributed by atoms with van der Waals surface area (Å²) in [6.07, 6.45) is 3.71. The summed E-state index contributed by atoms with van der Waals surface area (Å²) >= 11 is 0. The topological polar surface area (TPSA) is 80.0 Å². The van der Waals surface area contributed by atoms with E-state index >= 15 is 0 Å². The van der Waals surface area contributed by atoms with Crippen LogP contribution in [0.1, 0.15) is 20.3 Å². The number of carbonyl (C=O) groups is 1. The second-order valence-electron chi connectivity index (χ2n) is 3.73. The van der Waals surface area contributed by atoms with Crippen LogP contribution in [-0.4, -0.2) is 38.2 Å². The summed E-state index contributed by atoms with van der Waals surface area (Å²) in [5.41, 5.74) is -0.849. The second-order valence-corrected chi connectivity index (χ2v) is 3.73. The van der Waals surface area contributed by atoms with Crippen molar-refractivity contribution < 1.29 is 9.90 Å². The summed E-state index contributed by atoms with van der Waals surface area (Å²) in [6, 6.07) is 0. The van der Waals surface area contributed by atoms with Gasteiger partial charge in [0.2, 0.25) is 5.91 Å². The van der Waals surface area contributed by atoms with Gasteiger partial charge in [-0.05, 0) is 13.3 Å². The molecule has 1 amide bonds. The third-order valence-electron chi connectivity index (χ3n) is 2.21. The lowest BCUT2D eigenvalue weighted by Crippen LogP contribution is -2.41. The summed E-state index contributed by atoms with van der Waals surface area (Å²) in [6.45, 7) is 3.92. The molecule has 1 rings (SSSR count). The van der Waals surface area contributed by atoms with Crippen LogP contribution in [0, 0.1) is 0 Å². The van der Waals surface area contributed by atoms with Crippen LogP contribution in [0.25, 0.3) is 0 Å². The number of aromatic nitrogens is 3. The van der Waals surface area contributed by atoms with Crippen LogP contribution in [0.15, 0.2) is 12.4 Å². The zero-order valence-corrected chi connectivity index (χ0v) is 8.97. The molecule has 0 aliphatic carbocycles. The quantitative estimate of drug-likeness (QED) is 0.693. The minimum absolute atomic E-state index is 0.125. The molecule has 2 N–H and O–H groups in total. The van der Waals surface area contributed by atoms with Gasteiger partial charge in [-0.2, -0.15) is 0 Å². The number of aliphatic hydroxyl groups is 1. The maximum absolute atomic E-state index is 11.4. The first-order valence-corrected chi connectivity index (χ1v) is 4.87. The Bertz CT molecular complexity index is 308. The maximum atomic E-state index is 11.4. The van der Waals surface area contributed by atoms with Crippen LogP contribution in [0.3, 0.4) is 0 Å². The smallest absolute Gasteiger partial charge is 0.241 e. The van der Waals surface area contributed by atoms with Crippen LogP contribution in [0.5, 0.6) is 0 Å². The molecule has 0 fully saturated rings. The van der Waals surface area contributed by atoms with Gasteiger partial charge in [-0.25, -0.2) is 4.68 Å². The van der Waals surface area contributed by atoms with Crippen molar-refractivity contribution in [3.8, 4) is 0 Å². The van der Waals surface area contributed by atoms with Crippen molar-refractivity contribution in [3.05, 3.63) is 12.4 Å². The van der Waals surface area contributed by atoms with Gasteiger partial charge in [0.1, 0.15) is 6.54 Å². The Morgan fingerprint density at radius 1 is 1.67 bits per heavy atom. The summed E-state index contributed by atoms with van der Waals surface area (Å²) in [7, 11) is 0. The van der Waals surface area contributed by atoms with Crippen molar-refractivity contribution in [1.82, 2.24) is 20.3 Å². The normalized spacial score (nSPS) is 14.6. The zero-order valence-electron chi connectivity index (χ0n) is 8.97. The van der Waals surface area contributed by atoms with Gasteiger partial charge in [0.25, 0.3) is 0 Å². The molecule has 1 aromatic rings. The van der Waals surface area contributed by atoms with Crippen molar-refractivity contribution in [1.29, 1.82) is 0 Å². The minimum Gasteiger partial charge on any atom is -0.388 e. The number of rotatable bonds is 5. The largest absolute Gasteiger partial charge is 0.388 e. The lowest BCUT2D eigenvalue weighted by atomic mass is 10.0. The predicted octanol–water partition coefficient (Wildman–Crippen LogP) is -0.445. The molecule has 1 atom stereocenters. The van der Waals surface area contributed by atoms with E-state index in [1.165, 1.54) is 10.9 Å². The molecule has 84 valence electrons. The summed E-state index contributed by atoms with van der Waals surface area (Å²) in [5, 5.41) is 19.5. The molecule has 0 aliphatic rings. The fourth-order valence-corrected chi connectivity index (χ4v) is 0.934. The minimum atomic E-state index is -0.849. The maximum Gasteiger partial charge on any atom is 0.241 e. The molecule has 1 aromatic heterocycles. The molecule has 6 heteroatoms. The Morgan fingerprint density at radius 2 is 2.40 bits per heavy atom. The number of hydrogen-bond donors (Lipinski definition) is 2. The van der Waals surface area contributed by atoms with Gasteiger partial charge in [-0.3, -0.25) is 4.79 Å². The zero-order chi connectivity index (χ0) is 11.3. The molecule has 6 nitrogen and oxygen atoms in total. The first kappa shape index (κ1) is 11.6. The molecule has 0 aromatic carbocycles. The third-order valence-corrected chi connectivity index (χ3v) is 2.21. The number of hydrogen-bond acceptors (Lipinski definition) is 4. The van der Waals surface area contributed by atoms with E-state index in [0.29, 0.717) is 6.42 Å². The molecule has 0 saturated carbocycles. The van der Waals surface area contributed by atoms with Crippen molar-refractivity contribution in [2.45, 2.75) is 32.4 Å². The Hall–Kier alpha value is -1.43. The average molecular weight is 212 g/mol. The van der Waals surface area contributed by atoms with E-state index in [4.69, 9.17) is 0 Å². The van der Waals surface area contributed by atoms with E-state index < -0.39 is 5.60 Å². The van der Waals surface area contributed by atoms with Gasteiger partial charge in [0, 0.05) is 12.7 Å². The van der Waals surface area contributed by atoms with Crippen LogP contribution < -0.4 is 5.32 Å². The molecule has 0 aliphatic heterocycles. The van der Waals surface area contributed by atoms with E-state index in [1.54, 1.807) is 13.1 Å². The highest BCUT2D eigenvalue weighted by atomic mass is 16.3. The fraction of sp³-hybridized carbons (Fsp3) is 0.667. The van der Waals surface area contributed by atoms with E-state index in [-0.39, 0.29) is 19.0 Å². The van der Waals surface area contributed by atoms with Gasteiger partial charge in [-0.15, -0.1) is 5.10 Å². The number of nitrogens with one attached hydrogen (secondary N) is 1. The highest BCUT2D eigenvalue weighted by molar-refractivity contribution is 5.75. The van der Waals surface area contributed by atoms with Crippen molar-refractivity contribution in [2.75, 3.05) is 6.54 Å². The average Bonchev–Trinajstić information content (AvgIpc) is 2.68. The van der Waals surface area contributed by atoms with Crippen LogP contribution in [0.4, 0.5) is 0 Å². The van der Waals surface area contributed by atoms with Gasteiger partial charge in [0.15, 0.2) is 0 Å². The molecule has 0 radical (unpaired) electrons. The number of nitrogens with zero attached hydrogens (tertiary/aromatic N) is 3. The standard InChI is InChI=1S/C9H16N4O2/c1-3-9(2,15)7-10-8(14)6-13-5-4-11-12-13/h4-5,15H,3,6-7H2,1-2H3,(H,10,14). The molecule has 0 spiro atoms. The van der Waals surface area contributed by atoms with E-state index in [9.17, 15) is 9.90 Å². The number of carbonyl (C=O) groups excluding carboxylic acids is 1. The van der Waals surface area contributed by atoms with Gasteiger partial charge in [-0.1, -0.05) is 12.1 Å². The highest BCUT2D eigenvalue weighted by Gasteiger charge is 2.18. The van der Waals surface area contributed by atoms with Crippen molar-refractivity contribution >= 4 is 5.91 Å². The molecule has 1 heterocycles. The SMILES string of the molecule is CCC(C)(O)CNC(=O)Cn1ccnn1. The lowest BCUT2D eigenvalue weighted by Gasteiger charge is -2.21. The molecule has 0 bridgehead atoms. The van der Waals surface area contributed by atoms with Crippen LogP contribution in [-0.2, 0) is 11.3 Å². The second kappa shape index (κ2) is 4.88. The lowest BCUT2D eigenvalue weighted by molar-refractivity contribution is -0.123. The Labute approximate surface area is 88.3 Å². The highest BCUT2D eigenvalue weighted by Crippen LogP contribution is 2.05. The molecular weight excluding hydrogens is 196 g/mol. The summed E-state index contributed by atoms with van der Waals surface area (Å²) < 4.78 is 1.43. The summed E-state index contributed by atoms with van der Waals surface area (Å²) in [4.78, 5) is 11.4. The van der Waals surface area contributed by atoms with E-state index in [2.05, 4.69) is 15.6 Å². The van der Waals surface area contributed by atoms with E-state index in [0.717, 1.165) is 0 Å². The van der Waals surface area contributed by atoms with Gasteiger partial charge < -0.3 is 10.4 Å². The number of amides is 1. The summed E-state index contributed by atoms with van der Waals surface area (Å²) in [5.74, 6) is -0.186. The molecule has 15 heavy (non-hydrogen) atoms. The van der Waals surface area contributed by atoms with Crippen molar-refractivity contribution in [3.63, 3.8) is 0 Å².